The largest absolute Gasteiger partial charge is 0.426 e. The number of ether oxygens (including phenoxy) is 1. The highest BCUT2D eigenvalue weighted by Crippen LogP contribution is 2.19. The Kier molecular flexibility index (Phi) is 16.3. The third kappa shape index (κ3) is 15.6. The van der Waals surface area contributed by atoms with Crippen LogP contribution in [0.2, 0.25) is 0 Å². The molecule has 0 saturated heterocycles. The van der Waals surface area contributed by atoms with Gasteiger partial charge in [0.15, 0.2) is 0 Å². The summed E-state index contributed by atoms with van der Waals surface area (Å²) in [6.07, 6.45) is 28.0. The summed E-state index contributed by atoms with van der Waals surface area (Å²) in [5.74, 6) is -1.08. The van der Waals surface area contributed by atoms with Crippen LogP contribution in [0.4, 0.5) is 0 Å². The Morgan fingerprint density at radius 1 is 0.857 bits per heavy atom. The van der Waals surface area contributed by atoms with E-state index in [1.807, 2.05) is 0 Å². The Bertz CT molecular complexity index is 939. The first-order valence-corrected chi connectivity index (χ1v) is 12.0. The molecule has 0 atom stereocenters. The number of esters is 1. The van der Waals surface area contributed by atoms with E-state index in [-0.39, 0.29) is 23.7 Å². The van der Waals surface area contributed by atoms with Crippen molar-refractivity contribution in [2.45, 2.75) is 58.3 Å². The predicted molar refractivity (Wildman–Crippen MR) is 144 cm³/mol. The number of rotatable bonds is 16. The van der Waals surface area contributed by atoms with Crippen LogP contribution in [-0.2, 0) is 4.79 Å². The van der Waals surface area contributed by atoms with Crippen LogP contribution in [0, 0.1) is 0 Å². The number of hydrogen-bond acceptors (Lipinski definition) is 4. The summed E-state index contributed by atoms with van der Waals surface area (Å²) in [5, 5.41) is 3.46. The maximum absolute atomic E-state index is 12.1. The lowest BCUT2D eigenvalue weighted by molar-refractivity contribution is -0.134. The number of hydrogen-bond donors (Lipinski definition) is 3. The summed E-state index contributed by atoms with van der Waals surface area (Å²) in [7, 11) is 0. The van der Waals surface area contributed by atoms with Crippen LogP contribution in [0.3, 0.4) is 0 Å². The van der Waals surface area contributed by atoms with Crippen LogP contribution in [-0.4, -0.2) is 17.8 Å². The van der Waals surface area contributed by atoms with Crippen LogP contribution in [0.5, 0.6) is 5.75 Å². The van der Waals surface area contributed by atoms with Crippen molar-refractivity contribution < 1.29 is 14.3 Å². The molecule has 0 heterocycles. The van der Waals surface area contributed by atoms with Gasteiger partial charge in [-0.15, -0.1) is 5.10 Å². The Morgan fingerprint density at radius 3 is 1.97 bits per heavy atom. The first-order chi connectivity index (χ1) is 17.0. The highest BCUT2D eigenvalue weighted by molar-refractivity contribution is 5.98. The molecular weight excluding hydrogens is 440 g/mol. The van der Waals surface area contributed by atoms with Crippen molar-refractivity contribution in [3.8, 4) is 5.75 Å². The fourth-order valence-electron chi connectivity index (χ4n) is 2.83. The molecule has 188 valence electrons. The molecule has 0 aliphatic heterocycles. The van der Waals surface area contributed by atoms with Crippen LogP contribution in [0.15, 0.2) is 90.1 Å². The van der Waals surface area contributed by atoms with Gasteiger partial charge in [-0.05, 0) is 57.1 Å². The van der Waals surface area contributed by atoms with Gasteiger partial charge in [0, 0.05) is 6.42 Å². The van der Waals surface area contributed by atoms with Gasteiger partial charge in [-0.3, -0.25) is 9.59 Å². The summed E-state index contributed by atoms with van der Waals surface area (Å²) < 4.78 is 5.34. The molecule has 7 heteroatoms. The average molecular weight is 479 g/mol. The predicted octanol–water partition coefficient (Wildman–Crippen LogP) is 5.43. The standard InChI is InChI=1S/C28H38N4O3/c1-2-3-4-5-6-7-8-9-10-11-12-13-14-15-16-17-18-23-26(33)35-25-22-20-19-21-24(25)27(34)31-32-28(29)30/h3-4,6-7,9-10,12-13,15-16,19-22H,2,5,8,11,14,17-18,23H2,1H3,(H,31,34)(H4,29,30,32)/b4-3-,7-6-,10-9-,13-12-,16-15-. The Balaban J connectivity index is 2.21. The van der Waals surface area contributed by atoms with Crippen molar-refractivity contribution in [1.29, 1.82) is 0 Å². The SMILES string of the molecule is CC/C=C\C/C=C\C/C=C\C/C=C\C/C=C\CCCC(=O)Oc1ccccc1C(=O)NN=C(N)N. The quantitative estimate of drug-likeness (QED) is 0.0556. The van der Waals surface area contributed by atoms with Crippen LogP contribution in [0.25, 0.3) is 0 Å². The number of allylic oxidation sites excluding steroid dienone is 10. The second kappa shape index (κ2) is 19.6. The molecule has 0 bridgehead atoms. The minimum atomic E-state index is -0.569. The van der Waals surface area contributed by atoms with Crippen LogP contribution in [0.1, 0.15) is 68.6 Å². The van der Waals surface area contributed by atoms with Crippen molar-refractivity contribution >= 4 is 17.8 Å². The fraction of sp³-hybridized carbons (Fsp3) is 0.321. The zero-order valence-corrected chi connectivity index (χ0v) is 20.6. The van der Waals surface area contributed by atoms with E-state index in [9.17, 15) is 9.59 Å². The first-order valence-electron chi connectivity index (χ1n) is 12.0. The van der Waals surface area contributed by atoms with Gasteiger partial charge in [0.1, 0.15) is 5.75 Å². The Hall–Kier alpha value is -3.87. The molecule has 0 radical (unpaired) electrons. The summed E-state index contributed by atoms with van der Waals surface area (Å²) in [6.45, 7) is 2.14. The molecule has 0 unspecified atom stereocenters. The molecule has 1 amide bonds. The Morgan fingerprint density at radius 2 is 1.40 bits per heavy atom. The summed E-state index contributed by atoms with van der Waals surface area (Å²) >= 11 is 0. The van der Waals surface area contributed by atoms with Gasteiger partial charge < -0.3 is 16.2 Å². The first kappa shape index (κ1) is 29.2. The van der Waals surface area contributed by atoms with E-state index in [1.54, 1.807) is 18.2 Å². The second-order valence-electron chi connectivity index (χ2n) is 7.55. The van der Waals surface area contributed by atoms with Crippen molar-refractivity contribution in [1.82, 2.24) is 5.43 Å². The molecule has 0 fully saturated rings. The van der Waals surface area contributed by atoms with Gasteiger partial charge in [0.25, 0.3) is 5.91 Å². The normalized spacial score (nSPS) is 11.8. The van der Waals surface area contributed by atoms with Gasteiger partial charge in [-0.1, -0.05) is 79.8 Å². The van der Waals surface area contributed by atoms with E-state index in [0.29, 0.717) is 6.42 Å². The van der Waals surface area contributed by atoms with Gasteiger partial charge in [0.2, 0.25) is 5.96 Å². The van der Waals surface area contributed by atoms with Crippen molar-refractivity contribution in [2.75, 3.05) is 0 Å². The number of carbonyl (C=O) groups excluding carboxylic acids is 2. The average Bonchev–Trinajstić information content (AvgIpc) is 2.84. The lowest BCUT2D eigenvalue weighted by atomic mass is 10.2. The smallest absolute Gasteiger partial charge is 0.311 e. The summed E-state index contributed by atoms with van der Waals surface area (Å²) in [5.41, 5.74) is 12.8. The maximum atomic E-state index is 12.1. The summed E-state index contributed by atoms with van der Waals surface area (Å²) in [6, 6.07) is 6.41. The van der Waals surface area contributed by atoms with Gasteiger partial charge in [0.05, 0.1) is 5.56 Å². The van der Waals surface area contributed by atoms with Crippen molar-refractivity contribution in [2.24, 2.45) is 16.6 Å². The van der Waals surface area contributed by atoms with Crippen molar-refractivity contribution in [3.63, 3.8) is 0 Å². The van der Waals surface area contributed by atoms with Crippen molar-refractivity contribution in [3.05, 3.63) is 90.6 Å². The fourth-order valence-corrected chi connectivity index (χ4v) is 2.83. The molecule has 1 aromatic rings. The highest BCUT2D eigenvalue weighted by Gasteiger charge is 2.14. The number of hydrazone groups is 1. The molecule has 0 aromatic heterocycles. The molecule has 5 N–H and O–H groups in total. The number of para-hydroxylation sites is 1. The van der Waals surface area contributed by atoms with Gasteiger partial charge in [-0.25, -0.2) is 5.43 Å². The third-order valence-electron chi connectivity index (χ3n) is 4.55. The lowest BCUT2D eigenvalue weighted by Gasteiger charge is -2.08. The molecule has 0 aliphatic rings. The zero-order valence-electron chi connectivity index (χ0n) is 20.6. The summed E-state index contributed by atoms with van der Waals surface area (Å²) in [4.78, 5) is 24.3. The van der Waals surface area contributed by atoms with E-state index >= 15 is 0 Å². The van der Waals surface area contributed by atoms with Crippen LogP contribution >= 0.6 is 0 Å². The number of nitrogens with two attached hydrogens (primary N) is 2. The molecular formula is C28H38N4O3. The molecule has 1 aromatic carbocycles. The number of unbranched alkanes of at least 4 members (excludes halogenated alkanes) is 1. The minimum absolute atomic E-state index is 0.163. The van der Waals surface area contributed by atoms with E-state index in [4.69, 9.17) is 16.2 Å². The molecule has 35 heavy (non-hydrogen) atoms. The number of benzene rings is 1. The number of guanidine groups is 1. The maximum Gasteiger partial charge on any atom is 0.311 e. The zero-order chi connectivity index (χ0) is 25.6. The lowest BCUT2D eigenvalue weighted by Crippen LogP contribution is -2.29. The molecule has 0 spiro atoms. The number of carbonyl (C=O) groups is 2. The third-order valence-corrected chi connectivity index (χ3v) is 4.55. The minimum Gasteiger partial charge on any atom is -0.426 e. The van der Waals surface area contributed by atoms with Gasteiger partial charge >= 0.3 is 5.97 Å². The number of nitrogens with zero attached hydrogens (tertiary/aromatic N) is 1. The monoisotopic (exact) mass is 478 g/mol. The topological polar surface area (TPSA) is 120 Å². The molecule has 1 rings (SSSR count). The number of nitrogens with one attached hydrogen (secondary N) is 1. The number of amides is 1. The molecule has 7 nitrogen and oxygen atoms in total. The van der Waals surface area contributed by atoms with Gasteiger partial charge in [-0.2, -0.15) is 0 Å². The molecule has 0 saturated carbocycles. The van der Waals surface area contributed by atoms with E-state index in [2.05, 4.69) is 78.2 Å². The molecule has 0 aliphatic carbocycles. The van der Waals surface area contributed by atoms with E-state index < -0.39 is 11.9 Å². The van der Waals surface area contributed by atoms with E-state index in [1.165, 1.54) is 6.07 Å². The highest BCUT2D eigenvalue weighted by atomic mass is 16.5. The van der Waals surface area contributed by atoms with E-state index in [0.717, 1.165) is 38.5 Å². The second-order valence-corrected chi connectivity index (χ2v) is 7.55. The Labute approximate surface area is 209 Å². The van der Waals surface area contributed by atoms with Crippen LogP contribution < -0.4 is 21.6 Å².